The molecule has 2 heterocycles. The average molecular weight is 367 g/mol. The van der Waals surface area contributed by atoms with Crippen LogP contribution in [0.5, 0.6) is 0 Å². The molecule has 0 bridgehead atoms. The number of ketones is 1. The number of carbonyl (C=O) groups excluding carboxylic acids is 1. The first-order valence-electron chi connectivity index (χ1n) is 10.1. The van der Waals surface area contributed by atoms with Crippen LogP contribution in [0.2, 0.25) is 0 Å². The third kappa shape index (κ3) is 3.71. The van der Waals surface area contributed by atoms with E-state index in [4.69, 9.17) is 4.84 Å². The highest BCUT2D eigenvalue weighted by molar-refractivity contribution is 5.95. The number of imidazole rings is 1. The number of aryl methyl sites for hydroxylation is 1. The highest BCUT2D eigenvalue weighted by Gasteiger charge is 2.49. The van der Waals surface area contributed by atoms with E-state index in [2.05, 4.69) is 34.3 Å². The lowest BCUT2D eigenvalue weighted by atomic mass is 9.76. The van der Waals surface area contributed by atoms with Crippen LogP contribution in [0.25, 0.3) is 0 Å². The molecular formula is C22H29N3O2. The fourth-order valence-electron chi connectivity index (χ4n) is 4.84. The third-order valence-electron chi connectivity index (χ3n) is 6.17. The molecule has 1 saturated heterocycles. The van der Waals surface area contributed by atoms with Gasteiger partial charge in [0.05, 0.1) is 18.1 Å². The zero-order chi connectivity index (χ0) is 18.8. The van der Waals surface area contributed by atoms with E-state index in [0.717, 1.165) is 6.54 Å². The van der Waals surface area contributed by atoms with Gasteiger partial charge in [0.2, 0.25) is 5.78 Å². The first kappa shape index (κ1) is 18.4. The smallest absolute Gasteiger partial charge is 0.205 e. The lowest BCUT2D eigenvalue weighted by Gasteiger charge is -2.34. The molecule has 144 valence electrons. The van der Waals surface area contributed by atoms with E-state index in [-0.39, 0.29) is 23.8 Å². The molecule has 1 aliphatic heterocycles. The molecule has 5 nitrogen and oxygen atoms in total. The number of nitrogens with zero attached hydrogens (tertiary/aromatic N) is 3. The van der Waals surface area contributed by atoms with Gasteiger partial charge < -0.3 is 4.57 Å². The first-order valence-corrected chi connectivity index (χ1v) is 10.1. The van der Waals surface area contributed by atoms with Crippen molar-refractivity contribution in [1.82, 2.24) is 14.6 Å². The summed E-state index contributed by atoms with van der Waals surface area (Å²) in [4.78, 5) is 24.0. The summed E-state index contributed by atoms with van der Waals surface area (Å²) in [6.07, 6.45) is 9.56. The van der Waals surface area contributed by atoms with Gasteiger partial charge in [-0.3, -0.25) is 9.63 Å². The number of carbonyl (C=O) groups is 1. The zero-order valence-electron chi connectivity index (χ0n) is 16.3. The molecular weight excluding hydrogens is 338 g/mol. The molecule has 0 radical (unpaired) electrons. The van der Waals surface area contributed by atoms with Crippen LogP contribution >= 0.6 is 0 Å². The van der Waals surface area contributed by atoms with Gasteiger partial charge >= 0.3 is 0 Å². The molecule has 1 saturated carbocycles. The molecule has 1 aromatic carbocycles. The Morgan fingerprint density at radius 3 is 2.59 bits per heavy atom. The van der Waals surface area contributed by atoms with Gasteiger partial charge in [-0.05, 0) is 31.2 Å². The maximum Gasteiger partial charge on any atom is 0.205 e. The number of hydrogen-bond acceptors (Lipinski definition) is 4. The van der Waals surface area contributed by atoms with Gasteiger partial charge in [-0.2, -0.15) is 5.06 Å². The Labute approximate surface area is 161 Å². The highest BCUT2D eigenvalue weighted by Crippen LogP contribution is 2.40. The van der Waals surface area contributed by atoms with Crippen LogP contribution in [0.1, 0.15) is 55.2 Å². The zero-order valence-corrected chi connectivity index (χ0v) is 16.3. The second kappa shape index (κ2) is 7.95. The molecule has 5 heteroatoms. The van der Waals surface area contributed by atoms with Gasteiger partial charge in [-0.15, -0.1) is 0 Å². The fraction of sp³-hybridized carbons (Fsp3) is 0.545. The monoisotopic (exact) mass is 367 g/mol. The lowest BCUT2D eigenvalue weighted by molar-refractivity contribution is -0.174. The van der Waals surface area contributed by atoms with Crippen molar-refractivity contribution in [3.8, 4) is 0 Å². The van der Waals surface area contributed by atoms with Gasteiger partial charge in [0.25, 0.3) is 0 Å². The minimum atomic E-state index is -0.169. The van der Waals surface area contributed by atoms with Crippen molar-refractivity contribution in [3.05, 3.63) is 54.1 Å². The molecule has 0 N–H and O–H groups in total. The minimum absolute atomic E-state index is 0.112. The van der Waals surface area contributed by atoms with Crippen LogP contribution < -0.4 is 0 Å². The van der Waals surface area contributed by atoms with Crippen molar-refractivity contribution in [3.63, 3.8) is 0 Å². The minimum Gasteiger partial charge on any atom is -0.332 e. The van der Waals surface area contributed by atoms with E-state index in [9.17, 15) is 4.79 Å². The predicted octanol–water partition coefficient (Wildman–Crippen LogP) is 4.00. The quantitative estimate of drug-likeness (QED) is 0.750. The number of aromatic nitrogens is 2. The molecule has 0 unspecified atom stereocenters. The van der Waals surface area contributed by atoms with Gasteiger partial charge in [0.15, 0.2) is 5.82 Å². The van der Waals surface area contributed by atoms with Crippen molar-refractivity contribution in [1.29, 1.82) is 0 Å². The molecule has 1 aliphatic carbocycles. The molecule has 3 atom stereocenters. The van der Waals surface area contributed by atoms with E-state index in [1.165, 1.54) is 37.7 Å². The Morgan fingerprint density at radius 2 is 1.93 bits per heavy atom. The predicted molar refractivity (Wildman–Crippen MR) is 104 cm³/mol. The molecule has 2 fully saturated rings. The van der Waals surface area contributed by atoms with Crippen molar-refractivity contribution in [2.75, 3.05) is 0 Å². The second-order valence-corrected chi connectivity index (χ2v) is 8.01. The normalized spacial score (nSPS) is 27.1. The van der Waals surface area contributed by atoms with Crippen LogP contribution in [0.15, 0.2) is 42.7 Å². The van der Waals surface area contributed by atoms with Crippen LogP contribution in [0, 0.1) is 11.8 Å². The van der Waals surface area contributed by atoms with E-state index in [1.807, 2.05) is 30.8 Å². The third-order valence-corrected chi connectivity index (χ3v) is 6.17. The number of rotatable bonds is 5. The van der Waals surface area contributed by atoms with Crippen molar-refractivity contribution < 1.29 is 9.63 Å². The summed E-state index contributed by atoms with van der Waals surface area (Å²) in [6, 6.07) is 10.5. The summed E-state index contributed by atoms with van der Waals surface area (Å²) >= 11 is 0. The van der Waals surface area contributed by atoms with Crippen LogP contribution in [0.3, 0.4) is 0 Å². The van der Waals surface area contributed by atoms with Crippen molar-refractivity contribution in [2.24, 2.45) is 18.9 Å². The molecule has 0 amide bonds. The Kier molecular flexibility index (Phi) is 5.41. The van der Waals surface area contributed by atoms with E-state index >= 15 is 0 Å². The molecule has 27 heavy (non-hydrogen) atoms. The maximum atomic E-state index is 13.4. The standard InChI is InChI=1S/C22H29N3O2/c1-16-19(21(26)22-23-13-14-24(22)2)20(18-11-7-4-8-12-18)25(27-16)15-17-9-5-3-6-10-17/h3,5-6,9-10,13-14,16,18-20H,4,7-8,11-12,15H2,1-2H3/t16-,19-,20+/m1/s1. The summed E-state index contributed by atoms with van der Waals surface area (Å²) in [5.41, 5.74) is 1.22. The van der Waals surface area contributed by atoms with E-state index < -0.39 is 0 Å². The topological polar surface area (TPSA) is 47.4 Å². The number of benzene rings is 1. The van der Waals surface area contributed by atoms with Gasteiger partial charge in [0.1, 0.15) is 0 Å². The van der Waals surface area contributed by atoms with Gasteiger partial charge in [0, 0.05) is 26.0 Å². The summed E-state index contributed by atoms with van der Waals surface area (Å²) in [6.45, 7) is 2.75. The number of hydrogen-bond donors (Lipinski definition) is 0. The Balaban J connectivity index is 1.63. The summed E-state index contributed by atoms with van der Waals surface area (Å²) in [5, 5.41) is 2.10. The number of Topliss-reactive ketones (excluding diaryl/α,β-unsaturated/α-hetero) is 1. The second-order valence-electron chi connectivity index (χ2n) is 8.01. The van der Waals surface area contributed by atoms with E-state index in [0.29, 0.717) is 11.7 Å². The lowest BCUT2D eigenvalue weighted by Crippen LogP contribution is -2.43. The average Bonchev–Trinajstić information content (AvgIpc) is 3.25. The summed E-state index contributed by atoms with van der Waals surface area (Å²) < 4.78 is 1.83. The summed E-state index contributed by atoms with van der Waals surface area (Å²) in [7, 11) is 1.89. The molecule has 0 spiro atoms. The van der Waals surface area contributed by atoms with E-state index in [1.54, 1.807) is 6.20 Å². The Bertz CT molecular complexity index is 767. The largest absolute Gasteiger partial charge is 0.332 e. The first-order chi connectivity index (χ1) is 13.1. The molecule has 4 rings (SSSR count). The maximum absolute atomic E-state index is 13.4. The van der Waals surface area contributed by atoms with Gasteiger partial charge in [-0.25, -0.2) is 4.98 Å². The fourth-order valence-corrected chi connectivity index (χ4v) is 4.84. The molecule has 2 aliphatic rings. The van der Waals surface area contributed by atoms with Crippen LogP contribution in [-0.2, 0) is 18.4 Å². The Hall–Kier alpha value is -1.98. The summed E-state index contributed by atoms with van der Waals surface area (Å²) in [5.74, 6) is 0.985. The van der Waals surface area contributed by atoms with Crippen molar-refractivity contribution in [2.45, 2.75) is 57.7 Å². The SMILES string of the molecule is C[C@H]1ON(Cc2ccccc2)[C@@H](C2CCCCC2)[C@@H]1C(=O)c1nccn1C. The highest BCUT2D eigenvalue weighted by atomic mass is 16.7. The van der Waals surface area contributed by atoms with Crippen LogP contribution in [-0.4, -0.2) is 32.5 Å². The molecule has 2 aromatic rings. The van der Waals surface area contributed by atoms with Crippen molar-refractivity contribution >= 4 is 5.78 Å². The Morgan fingerprint density at radius 1 is 1.19 bits per heavy atom. The van der Waals surface area contributed by atoms with Crippen LogP contribution in [0.4, 0.5) is 0 Å². The molecule has 1 aromatic heterocycles. The number of hydroxylamine groups is 2. The van der Waals surface area contributed by atoms with Gasteiger partial charge in [-0.1, -0.05) is 49.6 Å².